The second kappa shape index (κ2) is 8.79. The molecule has 4 heterocycles. The van der Waals surface area contributed by atoms with Gasteiger partial charge in [-0.3, -0.25) is 14.6 Å². The largest absolute Gasteiger partial charge is 0.493 e. The molecule has 180 valence electrons. The van der Waals surface area contributed by atoms with Crippen LogP contribution in [0.5, 0.6) is 5.75 Å². The Hall–Kier alpha value is -3.19. The topological polar surface area (TPSA) is 81.4 Å². The van der Waals surface area contributed by atoms with Crippen LogP contribution in [0.15, 0.2) is 29.2 Å². The van der Waals surface area contributed by atoms with Gasteiger partial charge in [-0.2, -0.15) is 0 Å². The summed E-state index contributed by atoms with van der Waals surface area (Å²) in [4.78, 5) is 32.1. The zero-order valence-electron chi connectivity index (χ0n) is 19.9. The lowest BCUT2D eigenvalue weighted by atomic mass is 9.87. The van der Waals surface area contributed by atoms with Gasteiger partial charge in [0.2, 0.25) is 0 Å². The molecule has 0 bridgehead atoms. The number of carbonyl (C=O) groups is 1. The number of aromatic nitrogens is 2. The summed E-state index contributed by atoms with van der Waals surface area (Å²) in [5.41, 5.74) is 6.27. The van der Waals surface area contributed by atoms with Crippen LogP contribution in [0.1, 0.15) is 53.7 Å². The van der Waals surface area contributed by atoms with Crippen molar-refractivity contribution in [1.29, 1.82) is 0 Å². The average Bonchev–Trinajstić information content (AvgIpc) is 3.25. The molecule has 2 aliphatic rings. The van der Waals surface area contributed by atoms with Crippen molar-refractivity contribution in [3.05, 3.63) is 56.3 Å². The molecular formula is C28H28N2O4S. The van der Waals surface area contributed by atoms with Crippen LogP contribution in [0, 0.1) is 0 Å². The molecule has 35 heavy (non-hydrogen) atoms. The van der Waals surface area contributed by atoms with E-state index in [-0.39, 0.29) is 12.0 Å². The lowest BCUT2D eigenvalue weighted by molar-refractivity contribution is -0.137. The summed E-state index contributed by atoms with van der Waals surface area (Å²) >= 11 is 1.76. The number of nitrogens with zero attached hydrogens (tertiary/aromatic N) is 2. The minimum atomic E-state index is -0.798. The van der Waals surface area contributed by atoms with Gasteiger partial charge in [-0.1, -0.05) is 0 Å². The smallest absolute Gasteiger partial charge is 0.303 e. The zero-order valence-corrected chi connectivity index (χ0v) is 20.7. The zero-order chi connectivity index (χ0) is 24.1. The van der Waals surface area contributed by atoms with E-state index in [0.717, 1.165) is 63.9 Å². The van der Waals surface area contributed by atoms with E-state index in [1.54, 1.807) is 11.3 Å². The highest BCUT2D eigenvalue weighted by atomic mass is 32.1. The molecule has 0 saturated heterocycles. The van der Waals surface area contributed by atoms with E-state index in [1.807, 2.05) is 23.9 Å². The Kier molecular flexibility index (Phi) is 5.60. The number of aryl methyl sites for hydroxylation is 3. The van der Waals surface area contributed by atoms with E-state index in [4.69, 9.17) is 14.8 Å². The Morgan fingerprint density at radius 2 is 2.00 bits per heavy atom. The molecule has 0 saturated carbocycles. The summed E-state index contributed by atoms with van der Waals surface area (Å²) in [6, 6.07) is 6.16. The van der Waals surface area contributed by atoms with Crippen molar-refractivity contribution in [3.8, 4) is 16.9 Å². The number of hydrogen-bond acceptors (Lipinski definition) is 5. The number of pyridine rings is 2. The maximum Gasteiger partial charge on any atom is 0.303 e. The van der Waals surface area contributed by atoms with E-state index < -0.39 is 5.97 Å². The van der Waals surface area contributed by atoms with Crippen molar-refractivity contribution in [1.82, 2.24) is 9.55 Å². The number of carboxylic acid groups (broad SMARTS) is 1. The van der Waals surface area contributed by atoms with Gasteiger partial charge in [-0.05, 0) is 74.3 Å². The van der Waals surface area contributed by atoms with Gasteiger partial charge in [0.25, 0.3) is 5.56 Å². The molecular weight excluding hydrogens is 460 g/mol. The molecule has 7 heteroatoms. The number of thiophene rings is 1. The molecule has 0 fully saturated rings. The Balaban J connectivity index is 1.65. The number of benzene rings is 1. The van der Waals surface area contributed by atoms with Crippen LogP contribution in [-0.4, -0.2) is 27.2 Å². The monoisotopic (exact) mass is 488 g/mol. The molecule has 1 aromatic carbocycles. The first kappa shape index (κ1) is 22.3. The third kappa shape index (κ3) is 3.64. The Bertz CT molecular complexity index is 1540. The van der Waals surface area contributed by atoms with Gasteiger partial charge in [0.15, 0.2) is 0 Å². The second-order valence-electron chi connectivity index (χ2n) is 9.61. The van der Waals surface area contributed by atoms with E-state index >= 15 is 0 Å². The summed E-state index contributed by atoms with van der Waals surface area (Å²) in [7, 11) is 1.88. The van der Waals surface area contributed by atoms with E-state index in [9.17, 15) is 9.59 Å². The normalized spacial score (nSPS) is 14.8. The fraction of sp³-hybridized carbons (Fsp3) is 0.393. The predicted octanol–water partition coefficient (Wildman–Crippen LogP) is 5.43. The average molecular weight is 489 g/mol. The molecule has 0 amide bonds. The molecule has 1 aliphatic carbocycles. The van der Waals surface area contributed by atoms with Gasteiger partial charge in [0.05, 0.1) is 12.1 Å². The summed E-state index contributed by atoms with van der Waals surface area (Å²) < 4.78 is 7.78. The number of hydrogen-bond donors (Lipinski definition) is 1. The van der Waals surface area contributed by atoms with Crippen LogP contribution >= 0.6 is 11.3 Å². The Morgan fingerprint density at radius 3 is 2.86 bits per heavy atom. The summed E-state index contributed by atoms with van der Waals surface area (Å²) in [5, 5.41) is 11.3. The summed E-state index contributed by atoms with van der Waals surface area (Å²) in [6.07, 6.45) is 9.01. The highest BCUT2D eigenvalue weighted by Crippen LogP contribution is 2.45. The number of ether oxygens (including phenoxy) is 1. The van der Waals surface area contributed by atoms with Crippen molar-refractivity contribution < 1.29 is 14.6 Å². The minimum absolute atomic E-state index is 0.0122. The third-order valence-corrected chi connectivity index (χ3v) is 8.85. The molecule has 0 atom stereocenters. The molecule has 1 aliphatic heterocycles. The molecule has 6 nitrogen and oxygen atoms in total. The number of fused-ring (bicyclic) bond motifs is 3. The quantitative estimate of drug-likeness (QED) is 0.366. The van der Waals surface area contributed by atoms with Gasteiger partial charge in [0.1, 0.15) is 10.6 Å². The Morgan fingerprint density at radius 1 is 1.14 bits per heavy atom. The molecule has 4 aromatic rings. The first-order chi connectivity index (χ1) is 17.0. The third-order valence-electron chi connectivity index (χ3n) is 7.48. The van der Waals surface area contributed by atoms with Gasteiger partial charge in [0, 0.05) is 58.4 Å². The van der Waals surface area contributed by atoms with Crippen molar-refractivity contribution in [2.45, 2.75) is 57.8 Å². The number of rotatable bonds is 6. The van der Waals surface area contributed by atoms with Crippen LogP contribution < -0.4 is 10.3 Å². The van der Waals surface area contributed by atoms with Crippen molar-refractivity contribution in [3.63, 3.8) is 0 Å². The van der Waals surface area contributed by atoms with E-state index in [0.29, 0.717) is 25.9 Å². The highest BCUT2D eigenvalue weighted by Gasteiger charge is 2.27. The molecule has 0 spiro atoms. The van der Waals surface area contributed by atoms with Gasteiger partial charge in [-0.25, -0.2) is 0 Å². The van der Waals surface area contributed by atoms with Gasteiger partial charge in [-0.15, -0.1) is 11.3 Å². The van der Waals surface area contributed by atoms with Gasteiger partial charge >= 0.3 is 5.97 Å². The van der Waals surface area contributed by atoms with E-state index in [2.05, 4.69) is 12.1 Å². The highest BCUT2D eigenvalue weighted by molar-refractivity contribution is 7.19. The maximum atomic E-state index is 13.8. The van der Waals surface area contributed by atoms with Gasteiger partial charge < -0.3 is 14.4 Å². The fourth-order valence-corrected chi connectivity index (χ4v) is 7.16. The van der Waals surface area contributed by atoms with Crippen LogP contribution in [-0.2, 0) is 37.5 Å². The first-order valence-electron chi connectivity index (χ1n) is 12.5. The van der Waals surface area contributed by atoms with Crippen LogP contribution in [0.3, 0.4) is 0 Å². The maximum absolute atomic E-state index is 13.8. The van der Waals surface area contributed by atoms with Crippen LogP contribution in [0.25, 0.3) is 32.2 Å². The van der Waals surface area contributed by atoms with E-state index in [1.165, 1.54) is 27.8 Å². The minimum Gasteiger partial charge on any atom is -0.493 e. The first-order valence-corrected chi connectivity index (χ1v) is 13.3. The number of carboxylic acids is 1. The predicted molar refractivity (Wildman–Crippen MR) is 139 cm³/mol. The van der Waals surface area contributed by atoms with Crippen molar-refractivity contribution >= 4 is 38.4 Å². The van der Waals surface area contributed by atoms with Crippen molar-refractivity contribution in [2.75, 3.05) is 6.61 Å². The second-order valence-corrected chi connectivity index (χ2v) is 10.7. The molecule has 0 radical (unpaired) electrons. The molecule has 1 N–H and O–H groups in total. The lowest BCUT2D eigenvalue weighted by Crippen LogP contribution is -2.22. The number of unbranched alkanes of at least 4 members (excludes halogenated alkanes) is 1. The summed E-state index contributed by atoms with van der Waals surface area (Å²) in [5.74, 6) is 0.0572. The standard InChI is InChI=1S/C28H28N2O4S/c1-30-27(33)19(7-3-5-9-22(31)32)24(25-17-6-2-4-8-21(17)35-28(25)30)18-10-11-20-23-16(13-15-34-20)12-14-29-26(18)23/h10-12,14H,2-9,13,15H2,1H3,(H,31,32). The van der Waals surface area contributed by atoms with Crippen LogP contribution in [0.2, 0.25) is 0 Å². The Labute approximate surface area is 207 Å². The fourth-order valence-electron chi connectivity index (χ4n) is 5.81. The van der Waals surface area contributed by atoms with Crippen LogP contribution in [0.4, 0.5) is 0 Å². The molecule has 6 rings (SSSR count). The van der Waals surface area contributed by atoms with Crippen molar-refractivity contribution in [2.24, 2.45) is 7.05 Å². The summed E-state index contributed by atoms with van der Waals surface area (Å²) in [6.45, 7) is 0.661. The molecule has 3 aromatic heterocycles. The lowest BCUT2D eigenvalue weighted by Gasteiger charge is -2.21. The SMILES string of the molecule is Cn1c(=O)c(CCCCC(=O)O)c(-c2ccc3c4c(ccnc24)CCO3)c2c3c(sc21)CCCC3. The number of aliphatic carboxylic acids is 1. The molecule has 0 unspecified atom stereocenters.